The lowest BCUT2D eigenvalue weighted by molar-refractivity contribution is 0.670. The van der Waals surface area contributed by atoms with Gasteiger partial charge >= 0.3 is 0 Å². The van der Waals surface area contributed by atoms with E-state index < -0.39 is 0 Å². The lowest BCUT2D eigenvalue weighted by Crippen LogP contribution is -1.96. The molecular formula is C136H86N6O. The van der Waals surface area contributed by atoms with Crippen molar-refractivity contribution in [1.29, 1.82) is 0 Å². The molecule has 7 aromatic heterocycles. The Kier molecular flexibility index (Phi) is 18.6. The van der Waals surface area contributed by atoms with E-state index in [0.29, 0.717) is 0 Å². The molecule has 0 saturated heterocycles. The molecule has 0 fully saturated rings. The van der Waals surface area contributed by atoms with Gasteiger partial charge in [0.15, 0.2) is 0 Å². The van der Waals surface area contributed by atoms with Gasteiger partial charge < -0.3 is 31.8 Å². The Morgan fingerprint density at radius 2 is 0.455 bits per heavy atom. The summed E-state index contributed by atoms with van der Waals surface area (Å²) in [4.78, 5) is 0. The summed E-state index contributed by atoms with van der Waals surface area (Å²) in [6.07, 6.45) is 0. The van der Waals surface area contributed by atoms with Crippen molar-refractivity contribution >= 4 is 196 Å². The number of nitrogens with zero attached hydrogens (tertiary/aromatic N) is 6. The van der Waals surface area contributed by atoms with E-state index in [0.717, 1.165) is 61.5 Å². The summed E-state index contributed by atoms with van der Waals surface area (Å²) in [5.41, 5.74) is 32.9. The molecule has 666 valence electrons. The Balaban J connectivity index is 0.000000102. The summed E-state index contributed by atoms with van der Waals surface area (Å²) in [5.74, 6) is 0. The highest BCUT2D eigenvalue weighted by atomic mass is 16.3. The maximum absolute atomic E-state index is 6.41. The van der Waals surface area contributed by atoms with Crippen LogP contribution in [0.1, 0.15) is 0 Å². The van der Waals surface area contributed by atoms with Crippen LogP contribution in [0.2, 0.25) is 0 Å². The van der Waals surface area contributed by atoms with Gasteiger partial charge in [-0.2, -0.15) is 0 Å². The standard InChI is InChI=1S/C46H28N2O.C46H30N2.C44H28N2/c1-2-12-31(13-3-1)48-41-28-27-37-35-15-6-8-19-40(35)47(45(37)43(41)39-26-23-29-11-4-5-14-33(29)44(39)48)32-24-21-30(22-25-32)34-17-10-18-38-36-16-7-9-20-42(36)49-46(34)38;1-3-11-31(12-4-1)33-19-24-36(25-20-33)47-43-18-10-9-17-39(43)41-29-42-40-28-23-35-15-7-8-16-38(35)46(40)48(45(42)30-44(41)47)37-26-21-34(22-27-37)32-13-5-2-6-14-32;1-2-14-35(15-3-1)46-42-26-33-13-7-6-12-32(33)25-38(42)40-27-39-37-16-8-9-17-41(37)45(43(39)28-44(40)46)36-22-20-30(21-23-36)34-19-18-29-10-4-5-11-31(29)24-34/h1-28H;1-30H;1-28H. The first-order chi connectivity index (χ1) is 70.9. The van der Waals surface area contributed by atoms with Crippen LogP contribution < -0.4 is 0 Å². The van der Waals surface area contributed by atoms with Gasteiger partial charge in [0, 0.05) is 126 Å². The molecule has 0 unspecified atom stereocenters. The molecule has 0 aliphatic carbocycles. The van der Waals surface area contributed by atoms with Crippen LogP contribution in [-0.2, 0) is 0 Å². The second-order valence-corrected chi connectivity index (χ2v) is 37.7. The fraction of sp³-hybridized carbons (Fsp3) is 0. The van der Waals surface area contributed by atoms with E-state index in [2.05, 4.69) is 537 Å². The van der Waals surface area contributed by atoms with Gasteiger partial charge in [0.1, 0.15) is 11.2 Å². The van der Waals surface area contributed by atoms with E-state index in [4.69, 9.17) is 4.42 Å². The molecule has 24 aromatic carbocycles. The molecule has 0 spiro atoms. The largest absolute Gasteiger partial charge is 0.455 e. The van der Waals surface area contributed by atoms with Crippen LogP contribution >= 0.6 is 0 Å². The Bertz CT molecular complexity index is 10600. The zero-order valence-electron chi connectivity index (χ0n) is 77.7. The maximum atomic E-state index is 6.41. The number of hydrogen-bond donors (Lipinski definition) is 0. The van der Waals surface area contributed by atoms with Crippen LogP contribution in [0, 0.1) is 0 Å². The predicted molar refractivity (Wildman–Crippen MR) is 604 cm³/mol. The molecule has 0 bridgehead atoms. The molecule has 7 heteroatoms. The number of hydrogen-bond acceptors (Lipinski definition) is 1. The molecule has 0 amide bonds. The van der Waals surface area contributed by atoms with Gasteiger partial charge in [0.25, 0.3) is 0 Å². The predicted octanol–water partition coefficient (Wildman–Crippen LogP) is 36.8. The topological polar surface area (TPSA) is 42.7 Å². The molecule has 31 aromatic rings. The van der Waals surface area contributed by atoms with Crippen molar-refractivity contribution in [1.82, 2.24) is 27.4 Å². The molecule has 7 heterocycles. The van der Waals surface area contributed by atoms with E-state index in [1.54, 1.807) is 0 Å². The molecule has 0 radical (unpaired) electrons. The van der Waals surface area contributed by atoms with Crippen molar-refractivity contribution in [3.63, 3.8) is 0 Å². The first-order valence-electron chi connectivity index (χ1n) is 49.2. The van der Waals surface area contributed by atoms with Crippen molar-refractivity contribution in [2.45, 2.75) is 0 Å². The van der Waals surface area contributed by atoms with E-state index in [9.17, 15) is 0 Å². The molecule has 0 aliphatic rings. The summed E-state index contributed by atoms with van der Waals surface area (Å²) >= 11 is 0. The lowest BCUT2D eigenvalue weighted by atomic mass is 10.0. The van der Waals surface area contributed by atoms with Crippen LogP contribution in [0.15, 0.2) is 526 Å². The van der Waals surface area contributed by atoms with E-state index >= 15 is 0 Å². The van der Waals surface area contributed by atoms with Crippen LogP contribution in [0.4, 0.5) is 0 Å². The van der Waals surface area contributed by atoms with Gasteiger partial charge in [0.2, 0.25) is 0 Å². The monoisotopic (exact) mass is 1820 g/mol. The highest BCUT2D eigenvalue weighted by molar-refractivity contribution is 6.30. The van der Waals surface area contributed by atoms with Gasteiger partial charge in [-0.3, -0.25) is 0 Å². The van der Waals surface area contributed by atoms with Crippen molar-refractivity contribution in [2.24, 2.45) is 0 Å². The van der Waals surface area contributed by atoms with Crippen LogP contribution in [-0.4, -0.2) is 27.4 Å². The van der Waals surface area contributed by atoms with Gasteiger partial charge in [-0.15, -0.1) is 0 Å². The van der Waals surface area contributed by atoms with E-state index in [-0.39, 0.29) is 0 Å². The second kappa shape index (κ2) is 32.8. The molecule has 0 aliphatic heterocycles. The minimum Gasteiger partial charge on any atom is -0.455 e. The summed E-state index contributed by atoms with van der Waals surface area (Å²) in [5, 5.41) is 27.4. The van der Waals surface area contributed by atoms with Crippen LogP contribution in [0.25, 0.3) is 274 Å². The molecule has 0 atom stereocenters. The minimum atomic E-state index is 0.915. The number of aromatic nitrogens is 6. The fourth-order valence-electron chi connectivity index (χ4n) is 23.3. The van der Waals surface area contributed by atoms with Crippen LogP contribution in [0.3, 0.4) is 0 Å². The van der Waals surface area contributed by atoms with Crippen molar-refractivity contribution < 1.29 is 4.42 Å². The smallest absolute Gasteiger partial charge is 0.143 e. The van der Waals surface area contributed by atoms with Gasteiger partial charge in [0.05, 0.1) is 66.2 Å². The zero-order chi connectivity index (χ0) is 93.8. The molecule has 7 nitrogen and oxygen atoms in total. The second-order valence-electron chi connectivity index (χ2n) is 37.7. The van der Waals surface area contributed by atoms with Crippen molar-refractivity contribution in [2.75, 3.05) is 0 Å². The average Bonchev–Trinajstić information content (AvgIpc) is 1.79. The molecular weight excluding hydrogens is 1730 g/mol. The molecule has 31 rings (SSSR count). The SMILES string of the molecule is c1ccc(-c2ccc(-n3c4ccccc4c4cc5c6ccc7ccccc7c6n(-c6ccc(-c7ccccc7)cc6)c5cc43)cc2)cc1.c1ccc(-n2c3cc4ccccc4cc3c3cc4c5ccccc5n(-c5ccc(-c6ccc7ccccc7c6)cc5)c4cc32)cc1.c1ccc(-n2c3ccc4c5ccccc5n(-c5ccc(-c6cccc7c6oc6ccccc67)cc5)c4c3c3ccc4ccccc4c32)cc1. The molecule has 0 saturated carbocycles. The van der Waals surface area contributed by atoms with Crippen LogP contribution in [0.5, 0.6) is 0 Å². The Hall–Kier alpha value is -19.1. The third kappa shape index (κ3) is 13.1. The summed E-state index contributed by atoms with van der Waals surface area (Å²) in [6, 6.07) is 189. The Morgan fingerprint density at radius 1 is 0.133 bits per heavy atom. The van der Waals surface area contributed by atoms with Gasteiger partial charge in [-0.1, -0.05) is 376 Å². The number of rotatable bonds is 10. The minimum absolute atomic E-state index is 0.915. The third-order valence-corrected chi connectivity index (χ3v) is 29.9. The third-order valence-electron chi connectivity index (χ3n) is 29.9. The highest BCUT2D eigenvalue weighted by Crippen LogP contribution is 2.49. The van der Waals surface area contributed by atoms with Crippen molar-refractivity contribution in [3.05, 3.63) is 522 Å². The lowest BCUT2D eigenvalue weighted by Gasteiger charge is -2.12. The van der Waals surface area contributed by atoms with Gasteiger partial charge in [-0.25, -0.2) is 0 Å². The Labute approximate surface area is 822 Å². The highest BCUT2D eigenvalue weighted by Gasteiger charge is 2.27. The van der Waals surface area contributed by atoms with E-state index in [1.807, 2.05) is 12.1 Å². The fourth-order valence-corrected chi connectivity index (χ4v) is 23.3. The number of benzene rings is 24. The summed E-state index contributed by atoms with van der Waals surface area (Å²) in [7, 11) is 0. The van der Waals surface area contributed by atoms with Gasteiger partial charge in [-0.05, 0) is 217 Å². The maximum Gasteiger partial charge on any atom is 0.143 e. The molecule has 0 N–H and O–H groups in total. The summed E-state index contributed by atoms with van der Waals surface area (Å²) < 4.78 is 21.1. The quantitative estimate of drug-likeness (QED) is 0.135. The van der Waals surface area contributed by atoms with E-state index in [1.165, 1.54) is 213 Å². The van der Waals surface area contributed by atoms with Crippen molar-refractivity contribution in [3.8, 4) is 78.6 Å². The number of para-hydroxylation sites is 7. The first kappa shape index (κ1) is 81.1. The Morgan fingerprint density at radius 3 is 1.01 bits per heavy atom. The normalized spacial score (nSPS) is 11.9. The first-order valence-corrected chi connectivity index (χ1v) is 49.2. The summed E-state index contributed by atoms with van der Waals surface area (Å²) in [6.45, 7) is 0. The average molecular weight is 1820 g/mol. The number of furan rings is 1. The molecule has 143 heavy (non-hydrogen) atoms. The number of fused-ring (bicyclic) bond motifs is 28. The zero-order valence-corrected chi connectivity index (χ0v) is 77.7.